The molecule has 4 atom stereocenters. The van der Waals surface area contributed by atoms with Crippen molar-refractivity contribution in [3.8, 4) is 0 Å². The van der Waals surface area contributed by atoms with E-state index in [4.69, 9.17) is 4.74 Å². The minimum absolute atomic E-state index is 0.0906. The second-order valence-electron chi connectivity index (χ2n) is 4.30. The summed E-state index contributed by atoms with van der Waals surface area (Å²) >= 11 is 0. The van der Waals surface area contributed by atoms with Crippen molar-refractivity contribution in [2.75, 3.05) is 6.61 Å². The molecule has 1 amide bonds. The molecule has 3 nitrogen and oxygen atoms in total. The molecular weight excluding hydrogens is 166 g/mol. The first kappa shape index (κ1) is 9.00. The van der Waals surface area contributed by atoms with Crippen LogP contribution in [0.3, 0.4) is 0 Å². The Morgan fingerprint density at radius 1 is 1.46 bits per heavy atom. The maximum absolute atomic E-state index is 11.7. The van der Waals surface area contributed by atoms with Gasteiger partial charge in [-0.1, -0.05) is 6.92 Å². The molecule has 1 saturated carbocycles. The number of nitrogens with one attached hydrogen (secondary N) is 1. The number of carbonyl (C=O) groups is 1. The normalized spacial score (nSPS) is 43.2. The molecule has 1 N–H and O–H groups in total. The zero-order chi connectivity index (χ0) is 9.42. The van der Waals surface area contributed by atoms with E-state index in [1.165, 1.54) is 0 Å². The SMILES string of the molecule is CC1CC1NC(=O)C1CCOC1C. The summed E-state index contributed by atoms with van der Waals surface area (Å²) in [5.41, 5.74) is 0. The average Bonchev–Trinajstić information content (AvgIpc) is 2.62. The van der Waals surface area contributed by atoms with E-state index >= 15 is 0 Å². The molecule has 2 aliphatic rings. The van der Waals surface area contributed by atoms with Crippen molar-refractivity contribution in [3.05, 3.63) is 0 Å². The maximum Gasteiger partial charge on any atom is 0.226 e. The van der Waals surface area contributed by atoms with Gasteiger partial charge in [-0.2, -0.15) is 0 Å². The summed E-state index contributed by atoms with van der Waals surface area (Å²) in [4.78, 5) is 11.7. The third kappa shape index (κ3) is 1.85. The van der Waals surface area contributed by atoms with Crippen LogP contribution < -0.4 is 5.32 Å². The summed E-state index contributed by atoms with van der Waals surface area (Å²) in [7, 11) is 0. The second-order valence-corrected chi connectivity index (χ2v) is 4.30. The molecule has 0 bridgehead atoms. The van der Waals surface area contributed by atoms with E-state index in [2.05, 4.69) is 12.2 Å². The molecule has 1 aliphatic carbocycles. The van der Waals surface area contributed by atoms with Crippen molar-refractivity contribution in [3.63, 3.8) is 0 Å². The molecular formula is C10H17NO2. The summed E-state index contributed by atoms with van der Waals surface area (Å²) in [6, 6.07) is 0.445. The fourth-order valence-corrected chi connectivity index (χ4v) is 1.89. The predicted octanol–water partition coefficient (Wildman–Crippen LogP) is 0.936. The van der Waals surface area contributed by atoms with Crippen molar-refractivity contribution < 1.29 is 9.53 Å². The second kappa shape index (κ2) is 3.29. The van der Waals surface area contributed by atoms with E-state index in [-0.39, 0.29) is 17.9 Å². The first-order valence-electron chi connectivity index (χ1n) is 5.10. The van der Waals surface area contributed by atoms with Crippen LogP contribution in [0.1, 0.15) is 26.7 Å². The molecule has 1 aliphatic heterocycles. The molecule has 2 fully saturated rings. The highest BCUT2D eigenvalue weighted by Gasteiger charge is 2.38. The molecule has 0 aromatic heterocycles. The fourth-order valence-electron chi connectivity index (χ4n) is 1.89. The minimum atomic E-state index is 0.0906. The van der Waals surface area contributed by atoms with Gasteiger partial charge < -0.3 is 10.1 Å². The monoisotopic (exact) mass is 183 g/mol. The Hall–Kier alpha value is -0.570. The molecule has 13 heavy (non-hydrogen) atoms. The summed E-state index contributed by atoms with van der Waals surface area (Å²) in [6.45, 7) is 4.88. The molecule has 2 rings (SSSR count). The molecule has 0 spiro atoms. The minimum Gasteiger partial charge on any atom is -0.378 e. The van der Waals surface area contributed by atoms with E-state index in [1.807, 2.05) is 6.92 Å². The Labute approximate surface area is 78.8 Å². The Morgan fingerprint density at radius 3 is 2.62 bits per heavy atom. The standard InChI is InChI=1S/C10H17NO2/c1-6-5-9(6)11-10(12)8-3-4-13-7(8)2/h6-9H,3-5H2,1-2H3,(H,11,12). The van der Waals surface area contributed by atoms with Crippen LogP contribution >= 0.6 is 0 Å². The number of ether oxygens (including phenoxy) is 1. The Kier molecular flexibility index (Phi) is 2.28. The third-order valence-corrected chi connectivity index (χ3v) is 3.15. The van der Waals surface area contributed by atoms with Crippen LogP contribution in [-0.2, 0) is 9.53 Å². The number of hydrogen-bond acceptors (Lipinski definition) is 2. The van der Waals surface area contributed by atoms with Crippen molar-refractivity contribution >= 4 is 5.91 Å². The number of amides is 1. The molecule has 74 valence electrons. The number of hydrogen-bond donors (Lipinski definition) is 1. The lowest BCUT2D eigenvalue weighted by Gasteiger charge is -2.13. The highest BCUT2D eigenvalue weighted by Crippen LogP contribution is 2.30. The van der Waals surface area contributed by atoms with Gasteiger partial charge in [-0.25, -0.2) is 0 Å². The lowest BCUT2D eigenvalue weighted by Crippen LogP contribution is -2.36. The smallest absolute Gasteiger partial charge is 0.226 e. The van der Waals surface area contributed by atoms with Gasteiger partial charge in [0.05, 0.1) is 12.0 Å². The van der Waals surface area contributed by atoms with Crippen LogP contribution in [0.5, 0.6) is 0 Å². The lowest BCUT2D eigenvalue weighted by molar-refractivity contribution is -0.126. The van der Waals surface area contributed by atoms with Gasteiger partial charge in [0.1, 0.15) is 0 Å². The van der Waals surface area contributed by atoms with E-state index in [1.54, 1.807) is 0 Å². The molecule has 1 saturated heterocycles. The molecule has 3 heteroatoms. The van der Waals surface area contributed by atoms with Crippen molar-refractivity contribution in [2.24, 2.45) is 11.8 Å². The van der Waals surface area contributed by atoms with Gasteiger partial charge in [0, 0.05) is 12.6 Å². The van der Waals surface area contributed by atoms with Crippen LogP contribution in [0.25, 0.3) is 0 Å². The Morgan fingerprint density at radius 2 is 2.15 bits per heavy atom. The molecule has 0 aromatic carbocycles. The lowest BCUT2D eigenvalue weighted by atomic mass is 10.0. The average molecular weight is 183 g/mol. The summed E-state index contributed by atoms with van der Waals surface area (Å²) < 4.78 is 5.35. The molecule has 0 radical (unpaired) electrons. The predicted molar refractivity (Wildman–Crippen MR) is 49.2 cm³/mol. The van der Waals surface area contributed by atoms with Gasteiger partial charge in [-0.05, 0) is 25.7 Å². The number of carbonyl (C=O) groups excluding carboxylic acids is 1. The van der Waals surface area contributed by atoms with E-state index in [9.17, 15) is 4.79 Å². The van der Waals surface area contributed by atoms with Crippen LogP contribution in [0.4, 0.5) is 0 Å². The highest BCUT2D eigenvalue weighted by atomic mass is 16.5. The Bertz CT molecular complexity index is 217. The van der Waals surface area contributed by atoms with Crippen molar-refractivity contribution in [2.45, 2.75) is 38.8 Å². The topological polar surface area (TPSA) is 38.3 Å². The van der Waals surface area contributed by atoms with E-state index in [0.29, 0.717) is 12.0 Å². The van der Waals surface area contributed by atoms with Crippen LogP contribution in [0.2, 0.25) is 0 Å². The van der Waals surface area contributed by atoms with Gasteiger partial charge in [0.15, 0.2) is 0 Å². The highest BCUT2D eigenvalue weighted by molar-refractivity contribution is 5.80. The largest absolute Gasteiger partial charge is 0.378 e. The van der Waals surface area contributed by atoms with E-state index in [0.717, 1.165) is 19.4 Å². The first-order chi connectivity index (χ1) is 6.18. The van der Waals surface area contributed by atoms with Gasteiger partial charge in [0.25, 0.3) is 0 Å². The summed E-state index contributed by atoms with van der Waals surface area (Å²) in [6.07, 6.45) is 2.14. The number of rotatable bonds is 2. The quantitative estimate of drug-likeness (QED) is 0.691. The third-order valence-electron chi connectivity index (χ3n) is 3.15. The first-order valence-corrected chi connectivity index (χ1v) is 5.10. The summed E-state index contributed by atoms with van der Waals surface area (Å²) in [5, 5.41) is 3.06. The van der Waals surface area contributed by atoms with Crippen molar-refractivity contribution in [1.82, 2.24) is 5.32 Å². The van der Waals surface area contributed by atoms with Gasteiger partial charge in [-0.15, -0.1) is 0 Å². The van der Waals surface area contributed by atoms with Crippen molar-refractivity contribution in [1.29, 1.82) is 0 Å². The zero-order valence-corrected chi connectivity index (χ0v) is 8.25. The van der Waals surface area contributed by atoms with Crippen LogP contribution in [0, 0.1) is 11.8 Å². The fraction of sp³-hybridized carbons (Fsp3) is 0.900. The molecule has 4 unspecified atom stereocenters. The van der Waals surface area contributed by atoms with Gasteiger partial charge >= 0.3 is 0 Å². The summed E-state index contributed by atoms with van der Waals surface area (Å²) in [5.74, 6) is 0.966. The van der Waals surface area contributed by atoms with Crippen LogP contribution in [-0.4, -0.2) is 24.7 Å². The molecule has 1 heterocycles. The maximum atomic E-state index is 11.7. The van der Waals surface area contributed by atoms with E-state index < -0.39 is 0 Å². The van der Waals surface area contributed by atoms with Gasteiger partial charge in [-0.3, -0.25) is 4.79 Å². The molecule has 0 aromatic rings. The van der Waals surface area contributed by atoms with Gasteiger partial charge in [0.2, 0.25) is 5.91 Å². The van der Waals surface area contributed by atoms with Crippen LogP contribution in [0.15, 0.2) is 0 Å². The zero-order valence-electron chi connectivity index (χ0n) is 8.25. The Balaban J connectivity index is 1.82.